The number of hydrogen-bond acceptors (Lipinski definition) is 7. The summed E-state index contributed by atoms with van der Waals surface area (Å²) in [6, 6.07) is 12.7. The lowest BCUT2D eigenvalue weighted by Crippen LogP contribution is -2.50. The van der Waals surface area contributed by atoms with Crippen LogP contribution in [0.25, 0.3) is 22.2 Å². The molecule has 0 unspecified atom stereocenters. The fourth-order valence-corrected chi connectivity index (χ4v) is 4.42. The van der Waals surface area contributed by atoms with Gasteiger partial charge < -0.3 is 24.8 Å². The average molecular weight is 505 g/mol. The molecule has 2 aromatic heterocycles. The number of rotatable bonds is 7. The molecule has 1 aliphatic rings. The van der Waals surface area contributed by atoms with Crippen molar-refractivity contribution in [3.8, 4) is 11.3 Å². The number of aromatic nitrogens is 2. The lowest BCUT2D eigenvalue weighted by Gasteiger charge is -2.36. The van der Waals surface area contributed by atoms with Crippen LogP contribution < -0.4 is 10.2 Å². The Morgan fingerprint density at radius 2 is 1.84 bits per heavy atom. The Kier molecular flexibility index (Phi) is 8.17. The quantitative estimate of drug-likeness (QED) is 0.453. The van der Waals surface area contributed by atoms with Gasteiger partial charge >= 0.3 is 6.09 Å². The van der Waals surface area contributed by atoms with Gasteiger partial charge in [0.25, 0.3) is 0 Å². The Balaban J connectivity index is 1.47. The van der Waals surface area contributed by atoms with Crippen LogP contribution in [-0.4, -0.2) is 84.8 Å². The van der Waals surface area contributed by atoms with Crippen LogP contribution in [0.15, 0.2) is 42.6 Å². The second-order valence-electron chi connectivity index (χ2n) is 11.0. The van der Waals surface area contributed by atoms with Crippen molar-refractivity contribution in [3.05, 3.63) is 48.2 Å². The summed E-state index contributed by atoms with van der Waals surface area (Å²) in [5, 5.41) is 4.76. The number of hydrogen-bond donors (Lipinski definition) is 1. The molecule has 0 aliphatic carbocycles. The molecule has 198 valence electrons. The highest BCUT2D eigenvalue weighted by atomic mass is 16.6. The van der Waals surface area contributed by atoms with Gasteiger partial charge in [-0.15, -0.1) is 0 Å². The molecular weight excluding hydrogens is 464 g/mol. The highest BCUT2D eigenvalue weighted by Gasteiger charge is 2.26. The minimum atomic E-state index is -0.483. The number of anilines is 2. The SMILES string of the molecule is Cc1ccc2c(NCCCN(C)C)cc(-c3ccc(N4CCN(C(=O)OC(C)(C)C)CC4)nc3)nc2c1. The van der Waals surface area contributed by atoms with Gasteiger partial charge in [0.05, 0.1) is 11.2 Å². The molecule has 3 heterocycles. The van der Waals surface area contributed by atoms with Gasteiger partial charge in [-0.2, -0.15) is 0 Å². The third-order valence-electron chi connectivity index (χ3n) is 6.36. The normalized spacial score (nSPS) is 14.4. The summed E-state index contributed by atoms with van der Waals surface area (Å²) in [4.78, 5) is 28.3. The number of piperazine rings is 1. The van der Waals surface area contributed by atoms with Crippen LogP contribution in [-0.2, 0) is 4.74 Å². The van der Waals surface area contributed by atoms with E-state index < -0.39 is 5.60 Å². The molecular formula is C29H40N6O2. The molecule has 1 fully saturated rings. The van der Waals surface area contributed by atoms with Gasteiger partial charge in [-0.3, -0.25) is 0 Å². The lowest BCUT2D eigenvalue weighted by atomic mass is 10.1. The monoisotopic (exact) mass is 504 g/mol. The van der Waals surface area contributed by atoms with E-state index in [0.29, 0.717) is 13.1 Å². The maximum absolute atomic E-state index is 12.4. The maximum Gasteiger partial charge on any atom is 0.410 e. The summed E-state index contributed by atoms with van der Waals surface area (Å²) >= 11 is 0. The Hall–Kier alpha value is -3.39. The van der Waals surface area contributed by atoms with Crippen molar-refractivity contribution < 1.29 is 9.53 Å². The highest BCUT2D eigenvalue weighted by molar-refractivity contribution is 5.94. The molecule has 1 saturated heterocycles. The zero-order chi connectivity index (χ0) is 26.6. The molecule has 0 saturated carbocycles. The van der Waals surface area contributed by atoms with Crippen molar-refractivity contribution in [2.45, 2.75) is 39.7 Å². The molecule has 1 N–H and O–H groups in total. The largest absolute Gasteiger partial charge is 0.444 e. The van der Waals surface area contributed by atoms with Gasteiger partial charge in [0.15, 0.2) is 0 Å². The van der Waals surface area contributed by atoms with E-state index in [-0.39, 0.29) is 6.09 Å². The number of amides is 1. The van der Waals surface area contributed by atoms with Gasteiger partial charge in [-0.1, -0.05) is 12.1 Å². The van der Waals surface area contributed by atoms with Crippen LogP contribution in [0.2, 0.25) is 0 Å². The first kappa shape index (κ1) is 26.7. The molecule has 1 amide bonds. The van der Waals surface area contributed by atoms with E-state index in [4.69, 9.17) is 14.7 Å². The van der Waals surface area contributed by atoms with Crippen LogP contribution in [0.4, 0.5) is 16.3 Å². The number of carbonyl (C=O) groups is 1. The molecule has 4 rings (SSSR count). The number of benzene rings is 1. The summed E-state index contributed by atoms with van der Waals surface area (Å²) in [6.45, 7) is 12.4. The average Bonchev–Trinajstić information content (AvgIpc) is 2.85. The molecule has 0 atom stereocenters. The van der Waals surface area contributed by atoms with Crippen molar-refractivity contribution in [1.29, 1.82) is 0 Å². The summed E-state index contributed by atoms with van der Waals surface area (Å²) in [7, 11) is 4.20. The smallest absolute Gasteiger partial charge is 0.410 e. The Labute approximate surface area is 220 Å². The molecule has 0 bridgehead atoms. The van der Waals surface area contributed by atoms with E-state index in [9.17, 15) is 4.79 Å². The standard InChI is InChI=1S/C29H40N6O2/c1-21-8-10-23-25(30-12-7-13-33(5)6)19-24(32-26(23)18-21)22-9-11-27(31-20-22)34-14-16-35(17-15-34)28(36)37-29(2,3)4/h8-11,18-20H,7,12-17H2,1-6H3,(H,30,32). The topological polar surface area (TPSA) is 73.8 Å². The van der Waals surface area contributed by atoms with Crippen LogP contribution in [0, 0.1) is 6.92 Å². The summed E-state index contributed by atoms with van der Waals surface area (Å²) in [5.74, 6) is 0.909. The predicted molar refractivity (Wildman–Crippen MR) is 151 cm³/mol. The third-order valence-corrected chi connectivity index (χ3v) is 6.36. The van der Waals surface area contributed by atoms with Crippen LogP contribution >= 0.6 is 0 Å². The Bertz CT molecular complexity index is 1210. The van der Waals surface area contributed by atoms with Crippen molar-refractivity contribution in [2.24, 2.45) is 0 Å². The molecule has 1 aliphatic heterocycles. The van der Waals surface area contributed by atoms with Crippen LogP contribution in [0.3, 0.4) is 0 Å². The number of nitrogens with zero attached hydrogens (tertiary/aromatic N) is 5. The number of aryl methyl sites for hydroxylation is 1. The zero-order valence-electron chi connectivity index (χ0n) is 23.0. The fourth-order valence-electron chi connectivity index (χ4n) is 4.42. The van der Waals surface area contributed by atoms with E-state index in [0.717, 1.165) is 66.3 Å². The van der Waals surface area contributed by atoms with Crippen LogP contribution in [0.1, 0.15) is 32.8 Å². The van der Waals surface area contributed by atoms with E-state index >= 15 is 0 Å². The van der Waals surface area contributed by atoms with Crippen molar-refractivity contribution in [1.82, 2.24) is 19.8 Å². The molecule has 0 spiro atoms. The van der Waals surface area contributed by atoms with E-state index in [2.05, 4.69) is 66.5 Å². The van der Waals surface area contributed by atoms with E-state index in [1.807, 2.05) is 33.0 Å². The number of ether oxygens (including phenoxy) is 1. The number of nitrogens with one attached hydrogen (secondary N) is 1. The second kappa shape index (κ2) is 11.3. The van der Waals surface area contributed by atoms with Crippen molar-refractivity contribution >= 4 is 28.5 Å². The first-order valence-corrected chi connectivity index (χ1v) is 13.1. The molecule has 1 aromatic carbocycles. The van der Waals surface area contributed by atoms with Crippen LogP contribution in [0.5, 0.6) is 0 Å². The minimum absolute atomic E-state index is 0.251. The van der Waals surface area contributed by atoms with E-state index in [1.165, 1.54) is 5.56 Å². The Morgan fingerprint density at radius 3 is 2.49 bits per heavy atom. The van der Waals surface area contributed by atoms with Gasteiger partial charge in [0.1, 0.15) is 11.4 Å². The molecule has 0 radical (unpaired) electrons. The first-order valence-electron chi connectivity index (χ1n) is 13.1. The summed E-state index contributed by atoms with van der Waals surface area (Å²) in [5.41, 5.74) is 4.67. The van der Waals surface area contributed by atoms with Crippen molar-refractivity contribution in [3.63, 3.8) is 0 Å². The van der Waals surface area contributed by atoms with Gasteiger partial charge in [-0.05, 0) is 84.6 Å². The number of pyridine rings is 2. The molecule has 8 nitrogen and oxygen atoms in total. The predicted octanol–water partition coefficient (Wildman–Crippen LogP) is 5.03. The third kappa shape index (κ3) is 7.10. The molecule has 3 aromatic rings. The van der Waals surface area contributed by atoms with Gasteiger partial charge in [0, 0.05) is 55.6 Å². The number of carbonyl (C=O) groups excluding carboxylic acids is 1. The zero-order valence-corrected chi connectivity index (χ0v) is 23.0. The minimum Gasteiger partial charge on any atom is -0.444 e. The molecule has 8 heteroatoms. The second-order valence-corrected chi connectivity index (χ2v) is 11.0. The first-order chi connectivity index (χ1) is 17.6. The molecule has 37 heavy (non-hydrogen) atoms. The summed E-state index contributed by atoms with van der Waals surface area (Å²) in [6.07, 6.45) is 2.71. The van der Waals surface area contributed by atoms with Gasteiger partial charge in [-0.25, -0.2) is 14.8 Å². The van der Waals surface area contributed by atoms with Gasteiger partial charge in [0.2, 0.25) is 0 Å². The maximum atomic E-state index is 12.4. The summed E-state index contributed by atoms with van der Waals surface area (Å²) < 4.78 is 5.51. The number of fused-ring (bicyclic) bond motifs is 1. The Morgan fingerprint density at radius 1 is 1.08 bits per heavy atom. The van der Waals surface area contributed by atoms with E-state index in [1.54, 1.807) is 4.90 Å². The lowest BCUT2D eigenvalue weighted by molar-refractivity contribution is 0.0240. The highest BCUT2D eigenvalue weighted by Crippen LogP contribution is 2.29. The fraction of sp³-hybridized carbons (Fsp3) is 0.483. The van der Waals surface area contributed by atoms with Crippen molar-refractivity contribution in [2.75, 3.05) is 63.6 Å².